The second kappa shape index (κ2) is 7.14. The van der Waals surface area contributed by atoms with Gasteiger partial charge in [0.15, 0.2) is 5.69 Å². The number of rotatable bonds is 6. The van der Waals surface area contributed by atoms with Crippen LogP contribution in [-0.2, 0) is 6.54 Å². The van der Waals surface area contributed by atoms with E-state index in [1.54, 1.807) is 30.3 Å². The van der Waals surface area contributed by atoms with Crippen molar-refractivity contribution in [2.24, 2.45) is 0 Å². The molecule has 0 fully saturated rings. The third-order valence-corrected chi connectivity index (χ3v) is 2.69. The maximum Gasteiger partial charge on any atom is 0.272 e. The molecule has 0 spiro atoms. The molecule has 108 valence electrons. The van der Waals surface area contributed by atoms with Gasteiger partial charge in [0.25, 0.3) is 5.91 Å². The molecule has 0 atom stereocenters. The second-order valence-electron chi connectivity index (χ2n) is 4.28. The molecule has 1 amide bonds. The molecule has 6 heteroatoms. The number of amides is 1. The maximum atomic E-state index is 12.8. The molecule has 0 saturated carbocycles. The fourth-order valence-electron chi connectivity index (χ4n) is 1.60. The minimum Gasteiger partial charge on any atom is -0.365 e. The molecule has 0 unspecified atom stereocenters. The molecule has 1 heterocycles. The Morgan fingerprint density at radius 1 is 1.19 bits per heavy atom. The predicted molar refractivity (Wildman–Crippen MR) is 78.3 cm³/mol. The molecule has 0 radical (unpaired) electrons. The van der Waals surface area contributed by atoms with Gasteiger partial charge in [0.1, 0.15) is 11.6 Å². The molecule has 2 aromatic rings. The molecule has 0 aliphatic carbocycles. The molecule has 21 heavy (non-hydrogen) atoms. The number of carbonyl (C=O) groups excluding carboxylic acids is 1. The van der Waals surface area contributed by atoms with Gasteiger partial charge in [-0.3, -0.25) is 4.79 Å². The largest absolute Gasteiger partial charge is 0.365 e. The minimum absolute atomic E-state index is 0.223. The third-order valence-electron chi connectivity index (χ3n) is 2.69. The Hall–Kier alpha value is -2.76. The van der Waals surface area contributed by atoms with Crippen LogP contribution >= 0.6 is 0 Å². The van der Waals surface area contributed by atoms with Crippen molar-refractivity contribution < 1.29 is 9.18 Å². The van der Waals surface area contributed by atoms with E-state index in [2.05, 4.69) is 27.4 Å². The number of halogens is 1. The minimum atomic E-state index is -0.331. The van der Waals surface area contributed by atoms with E-state index in [9.17, 15) is 9.18 Å². The highest BCUT2D eigenvalue weighted by Gasteiger charge is 2.07. The fourth-order valence-corrected chi connectivity index (χ4v) is 1.60. The van der Waals surface area contributed by atoms with Crippen molar-refractivity contribution in [3.05, 3.63) is 66.1 Å². The quantitative estimate of drug-likeness (QED) is 0.798. The highest BCUT2D eigenvalue weighted by Crippen LogP contribution is 2.04. The van der Waals surface area contributed by atoms with Gasteiger partial charge in [-0.2, -0.15) is 0 Å². The van der Waals surface area contributed by atoms with Crippen molar-refractivity contribution in [3.63, 3.8) is 0 Å². The van der Waals surface area contributed by atoms with E-state index in [-0.39, 0.29) is 17.4 Å². The summed E-state index contributed by atoms with van der Waals surface area (Å²) in [6, 6.07) is 9.18. The summed E-state index contributed by atoms with van der Waals surface area (Å²) in [5.74, 6) is -0.0642. The Balaban J connectivity index is 1.90. The average Bonchev–Trinajstić information content (AvgIpc) is 2.52. The lowest BCUT2D eigenvalue weighted by Crippen LogP contribution is -2.24. The zero-order valence-electron chi connectivity index (χ0n) is 11.3. The number of anilines is 1. The first-order valence-electron chi connectivity index (χ1n) is 6.40. The summed E-state index contributed by atoms with van der Waals surface area (Å²) in [6.07, 6.45) is 1.70. The zero-order chi connectivity index (χ0) is 15.1. The lowest BCUT2D eigenvalue weighted by atomic mass is 10.2. The van der Waals surface area contributed by atoms with Crippen LogP contribution in [0.25, 0.3) is 0 Å². The van der Waals surface area contributed by atoms with Crippen molar-refractivity contribution >= 4 is 11.7 Å². The van der Waals surface area contributed by atoms with Crippen LogP contribution in [0.15, 0.2) is 49.1 Å². The van der Waals surface area contributed by atoms with Gasteiger partial charge in [0.2, 0.25) is 0 Å². The molecule has 5 nitrogen and oxygen atoms in total. The van der Waals surface area contributed by atoms with Crippen LogP contribution in [0.4, 0.5) is 10.2 Å². The van der Waals surface area contributed by atoms with E-state index >= 15 is 0 Å². The van der Waals surface area contributed by atoms with Gasteiger partial charge < -0.3 is 10.6 Å². The first-order valence-corrected chi connectivity index (χ1v) is 6.40. The van der Waals surface area contributed by atoms with E-state index in [1.807, 2.05) is 0 Å². The Morgan fingerprint density at radius 2 is 1.95 bits per heavy atom. The van der Waals surface area contributed by atoms with Gasteiger partial charge in [-0.1, -0.05) is 18.2 Å². The molecule has 2 N–H and O–H groups in total. The topological polar surface area (TPSA) is 66.9 Å². The van der Waals surface area contributed by atoms with Gasteiger partial charge in [0, 0.05) is 13.1 Å². The van der Waals surface area contributed by atoms with Crippen molar-refractivity contribution in [2.45, 2.75) is 6.54 Å². The maximum absolute atomic E-state index is 12.8. The molecular weight excluding hydrogens is 271 g/mol. The van der Waals surface area contributed by atoms with Crippen LogP contribution in [0.3, 0.4) is 0 Å². The van der Waals surface area contributed by atoms with E-state index in [0.29, 0.717) is 18.9 Å². The summed E-state index contributed by atoms with van der Waals surface area (Å²) in [5.41, 5.74) is 1.03. The Bertz CT molecular complexity index is 611. The van der Waals surface area contributed by atoms with Crippen LogP contribution in [-0.4, -0.2) is 22.6 Å². The Morgan fingerprint density at radius 3 is 2.57 bits per heavy atom. The van der Waals surface area contributed by atoms with Crippen LogP contribution < -0.4 is 10.6 Å². The summed E-state index contributed by atoms with van der Waals surface area (Å²) in [5, 5.41) is 13.4. The van der Waals surface area contributed by atoms with Gasteiger partial charge in [-0.05, 0) is 29.8 Å². The first kappa shape index (κ1) is 14.6. The van der Waals surface area contributed by atoms with Crippen LogP contribution in [0.5, 0.6) is 0 Å². The number of benzene rings is 1. The monoisotopic (exact) mass is 286 g/mol. The number of hydrogen-bond donors (Lipinski definition) is 2. The summed E-state index contributed by atoms with van der Waals surface area (Å²) in [6.45, 7) is 4.46. The van der Waals surface area contributed by atoms with E-state index in [1.165, 1.54) is 12.1 Å². The summed E-state index contributed by atoms with van der Waals surface area (Å²) in [4.78, 5) is 11.9. The van der Waals surface area contributed by atoms with Crippen LogP contribution in [0.2, 0.25) is 0 Å². The van der Waals surface area contributed by atoms with Crippen LogP contribution in [0.1, 0.15) is 16.1 Å². The Kier molecular flexibility index (Phi) is 4.98. The van der Waals surface area contributed by atoms with Crippen molar-refractivity contribution in [1.82, 2.24) is 15.5 Å². The normalized spacial score (nSPS) is 9.95. The molecule has 2 rings (SSSR count). The molecule has 0 aliphatic heterocycles. The highest BCUT2D eigenvalue weighted by atomic mass is 19.1. The number of nitrogens with zero attached hydrogens (tertiary/aromatic N) is 2. The molecule has 1 aromatic heterocycles. The summed E-state index contributed by atoms with van der Waals surface area (Å²) < 4.78 is 12.8. The van der Waals surface area contributed by atoms with Crippen LogP contribution in [0, 0.1) is 5.82 Å². The number of nitrogens with one attached hydrogen (secondary N) is 2. The standard InChI is InChI=1S/C15H15FN4O/c1-2-9-17-14-8-7-13(19-20-14)15(21)18-10-11-3-5-12(16)6-4-11/h2-8H,1,9-10H2,(H,17,20)(H,18,21). The summed E-state index contributed by atoms with van der Waals surface area (Å²) >= 11 is 0. The molecule has 0 aliphatic rings. The van der Waals surface area contributed by atoms with E-state index in [4.69, 9.17) is 0 Å². The van der Waals surface area contributed by atoms with E-state index < -0.39 is 0 Å². The molecule has 1 aromatic carbocycles. The number of carbonyl (C=O) groups is 1. The van der Waals surface area contributed by atoms with Gasteiger partial charge in [-0.25, -0.2) is 4.39 Å². The third kappa shape index (κ3) is 4.38. The second-order valence-corrected chi connectivity index (χ2v) is 4.28. The smallest absolute Gasteiger partial charge is 0.272 e. The van der Waals surface area contributed by atoms with Gasteiger partial charge >= 0.3 is 0 Å². The Labute approximate surface area is 121 Å². The van der Waals surface area contributed by atoms with E-state index in [0.717, 1.165) is 5.56 Å². The average molecular weight is 286 g/mol. The van der Waals surface area contributed by atoms with Crippen molar-refractivity contribution in [2.75, 3.05) is 11.9 Å². The number of hydrogen-bond acceptors (Lipinski definition) is 4. The number of aromatic nitrogens is 2. The predicted octanol–water partition coefficient (Wildman–Crippen LogP) is 2.14. The SMILES string of the molecule is C=CCNc1ccc(C(=O)NCc2ccc(F)cc2)nn1. The zero-order valence-corrected chi connectivity index (χ0v) is 11.3. The van der Waals surface area contributed by atoms with Gasteiger partial charge in [-0.15, -0.1) is 16.8 Å². The van der Waals surface area contributed by atoms with Crippen molar-refractivity contribution in [3.8, 4) is 0 Å². The lowest BCUT2D eigenvalue weighted by molar-refractivity contribution is 0.0945. The first-order chi connectivity index (χ1) is 10.2. The molecule has 0 saturated heterocycles. The molecular formula is C15H15FN4O. The lowest BCUT2D eigenvalue weighted by Gasteiger charge is -2.05. The highest BCUT2D eigenvalue weighted by molar-refractivity contribution is 5.92. The summed E-state index contributed by atoms with van der Waals surface area (Å²) in [7, 11) is 0. The fraction of sp³-hybridized carbons (Fsp3) is 0.133. The van der Waals surface area contributed by atoms with Gasteiger partial charge in [0.05, 0.1) is 0 Å². The van der Waals surface area contributed by atoms with Crippen molar-refractivity contribution in [1.29, 1.82) is 0 Å². The molecule has 0 bridgehead atoms.